The predicted molar refractivity (Wildman–Crippen MR) is 160 cm³/mol. The fourth-order valence-electron chi connectivity index (χ4n) is 4.08. The van der Waals surface area contributed by atoms with E-state index >= 15 is 0 Å². The average molecular weight is 685 g/mol. The van der Waals surface area contributed by atoms with Crippen LogP contribution in [-0.2, 0) is 4.74 Å². The molecule has 48 heavy (non-hydrogen) atoms. The summed E-state index contributed by atoms with van der Waals surface area (Å²) in [4.78, 5) is 24.5. The van der Waals surface area contributed by atoms with Crippen LogP contribution in [0.1, 0.15) is 77.3 Å². The Kier molecular flexibility index (Phi) is 13.4. The molecule has 0 fully saturated rings. The van der Waals surface area contributed by atoms with Gasteiger partial charge in [-0.15, -0.1) is 0 Å². The van der Waals surface area contributed by atoms with Crippen molar-refractivity contribution in [3.63, 3.8) is 0 Å². The Morgan fingerprint density at radius 3 is 1.71 bits per heavy atom. The standard InChI is InChI=1S/C35H32F8O5/c1-2-3-4-5-6-7-22-46-28-18-12-25(13-19-28)9-8-24-10-14-27(15-11-24)31(45)48-29-20-16-26(17-21-29)30(44)47-23-33(38,39)35(42,43)34(40,41)32(36)37/h10-21,32H,2-7,22-23H2,1H3. The second kappa shape index (κ2) is 17.0. The Balaban J connectivity index is 1.49. The van der Waals surface area contributed by atoms with Crippen LogP contribution in [0.3, 0.4) is 0 Å². The Hall–Kier alpha value is -4.60. The molecule has 0 N–H and O–H groups in total. The lowest BCUT2D eigenvalue weighted by Gasteiger charge is -2.31. The molecule has 3 aromatic carbocycles. The summed E-state index contributed by atoms with van der Waals surface area (Å²) in [5.41, 5.74) is 1.00. The van der Waals surface area contributed by atoms with Gasteiger partial charge in [0.1, 0.15) is 11.5 Å². The van der Waals surface area contributed by atoms with E-state index in [0.717, 1.165) is 48.4 Å². The maximum absolute atomic E-state index is 13.6. The molecule has 0 saturated heterocycles. The van der Waals surface area contributed by atoms with E-state index in [1.165, 1.54) is 37.8 Å². The Morgan fingerprint density at radius 1 is 0.667 bits per heavy atom. The van der Waals surface area contributed by atoms with Gasteiger partial charge in [0.15, 0.2) is 6.61 Å². The summed E-state index contributed by atoms with van der Waals surface area (Å²) < 4.78 is 119. The van der Waals surface area contributed by atoms with Crippen LogP contribution in [0.2, 0.25) is 0 Å². The van der Waals surface area contributed by atoms with Crippen molar-refractivity contribution in [2.75, 3.05) is 13.2 Å². The lowest BCUT2D eigenvalue weighted by Crippen LogP contribution is -2.59. The monoisotopic (exact) mass is 684 g/mol. The highest BCUT2D eigenvalue weighted by molar-refractivity contribution is 5.92. The van der Waals surface area contributed by atoms with E-state index in [1.807, 2.05) is 24.3 Å². The Bertz CT molecular complexity index is 1550. The first-order chi connectivity index (χ1) is 22.7. The topological polar surface area (TPSA) is 61.8 Å². The third kappa shape index (κ3) is 10.2. The van der Waals surface area contributed by atoms with Crippen molar-refractivity contribution in [1.29, 1.82) is 0 Å². The molecule has 5 nitrogen and oxygen atoms in total. The molecule has 258 valence electrons. The van der Waals surface area contributed by atoms with Gasteiger partial charge < -0.3 is 14.2 Å². The fourth-order valence-corrected chi connectivity index (χ4v) is 4.08. The Labute approximate surface area is 272 Å². The minimum absolute atomic E-state index is 0.103. The maximum Gasteiger partial charge on any atom is 0.381 e. The van der Waals surface area contributed by atoms with Gasteiger partial charge in [0.25, 0.3) is 0 Å². The molecule has 0 heterocycles. The van der Waals surface area contributed by atoms with Gasteiger partial charge in [0, 0.05) is 11.1 Å². The van der Waals surface area contributed by atoms with E-state index in [1.54, 1.807) is 12.1 Å². The van der Waals surface area contributed by atoms with Crippen molar-refractivity contribution >= 4 is 11.9 Å². The van der Waals surface area contributed by atoms with Gasteiger partial charge in [0.2, 0.25) is 0 Å². The second-order valence-electron chi connectivity index (χ2n) is 10.7. The van der Waals surface area contributed by atoms with Crippen molar-refractivity contribution in [2.24, 2.45) is 0 Å². The molecule has 13 heteroatoms. The summed E-state index contributed by atoms with van der Waals surface area (Å²) in [6, 6.07) is 17.4. The number of alkyl halides is 8. The molecule has 0 unspecified atom stereocenters. The van der Waals surface area contributed by atoms with E-state index in [2.05, 4.69) is 23.5 Å². The number of unbranched alkanes of at least 4 members (excludes halogenated alkanes) is 5. The van der Waals surface area contributed by atoms with Crippen molar-refractivity contribution in [3.05, 3.63) is 95.1 Å². The van der Waals surface area contributed by atoms with Crippen LogP contribution < -0.4 is 9.47 Å². The molecule has 0 bridgehead atoms. The van der Waals surface area contributed by atoms with Crippen molar-refractivity contribution in [3.8, 4) is 23.3 Å². The first kappa shape index (κ1) is 37.9. The zero-order valence-corrected chi connectivity index (χ0v) is 25.7. The summed E-state index contributed by atoms with van der Waals surface area (Å²) in [5.74, 6) is -14.5. The zero-order valence-electron chi connectivity index (χ0n) is 25.7. The lowest BCUT2D eigenvalue weighted by molar-refractivity contribution is -0.343. The highest BCUT2D eigenvalue weighted by atomic mass is 19.4. The molecule has 3 rings (SSSR count). The Morgan fingerprint density at radius 2 is 1.15 bits per heavy atom. The number of esters is 2. The number of ether oxygens (including phenoxy) is 3. The van der Waals surface area contributed by atoms with Gasteiger partial charge in [0.05, 0.1) is 17.7 Å². The highest BCUT2D eigenvalue weighted by Gasteiger charge is 2.75. The van der Waals surface area contributed by atoms with E-state index in [9.17, 15) is 44.7 Å². The number of rotatable bonds is 16. The summed E-state index contributed by atoms with van der Waals surface area (Å²) in [6.07, 6.45) is 1.98. The number of carbonyl (C=O) groups is 2. The van der Waals surface area contributed by atoms with Crippen LogP contribution in [0.15, 0.2) is 72.8 Å². The normalized spacial score (nSPS) is 11.9. The van der Waals surface area contributed by atoms with Crippen molar-refractivity contribution in [2.45, 2.75) is 69.6 Å². The first-order valence-electron chi connectivity index (χ1n) is 14.9. The minimum atomic E-state index is -6.51. The molecule has 0 aromatic heterocycles. The SMILES string of the molecule is CCCCCCCCOc1ccc(C#Cc2ccc(C(=O)Oc3ccc(C(=O)OCC(F)(F)C(F)(F)C(F)(F)C(F)F)cc3)cc2)cc1. The van der Waals surface area contributed by atoms with Crippen LogP contribution in [-0.4, -0.2) is 49.3 Å². The molecule has 0 amide bonds. The summed E-state index contributed by atoms with van der Waals surface area (Å²) in [6.45, 7) is 0.240. The molecular weight excluding hydrogens is 652 g/mol. The van der Waals surface area contributed by atoms with Crippen molar-refractivity contribution < 1.29 is 58.9 Å². The summed E-state index contributed by atoms with van der Waals surface area (Å²) in [7, 11) is 0. The fraction of sp³-hybridized carbons (Fsp3) is 0.371. The first-order valence-corrected chi connectivity index (χ1v) is 14.9. The maximum atomic E-state index is 13.6. The highest BCUT2D eigenvalue weighted by Crippen LogP contribution is 2.48. The number of carbonyl (C=O) groups excluding carboxylic acids is 2. The molecule has 0 aliphatic heterocycles. The van der Waals surface area contributed by atoms with Gasteiger partial charge in [-0.05, 0) is 79.2 Å². The van der Waals surface area contributed by atoms with E-state index < -0.39 is 48.3 Å². The van der Waals surface area contributed by atoms with Crippen LogP contribution in [0.25, 0.3) is 0 Å². The van der Waals surface area contributed by atoms with Gasteiger partial charge in [-0.25, -0.2) is 18.4 Å². The van der Waals surface area contributed by atoms with E-state index in [0.29, 0.717) is 12.2 Å². The molecule has 0 aliphatic rings. The number of hydrogen-bond donors (Lipinski definition) is 0. The largest absolute Gasteiger partial charge is 0.494 e. The average Bonchev–Trinajstić information content (AvgIpc) is 3.06. The van der Waals surface area contributed by atoms with Gasteiger partial charge in [-0.1, -0.05) is 50.9 Å². The van der Waals surface area contributed by atoms with Gasteiger partial charge in [-0.2, -0.15) is 26.3 Å². The lowest BCUT2D eigenvalue weighted by atomic mass is 10.1. The molecule has 0 atom stereocenters. The molecular formula is C35H32F8O5. The smallest absolute Gasteiger partial charge is 0.381 e. The van der Waals surface area contributed by atoms with Crippen LogP contribution in [0, 0.1) is 11.8 Å². The molecule has 3 aromatic rings. The number of benzene rings is 3. The molecule has 0 spiro atoms. The summed E-state index contributed by atoms with van der Waals surface area (Å²) >= 11 is 0. The molecule has 0 aliphatic carbocycles. The second-order valence-corrected chi connectivity index (χ2v) is 10.7. The molecule has 0 saturated carbocycles. The van der Waals surface area contributed by atoms with Crippen LogP contribution in [0.5, 0.6) is 11.5 Å². The minimum Gasteiger partial charge on any atom is -0.494 e. The number of hydrogen-bond acceptors (Lipinski definition) is 5. The zero-order chi connectivity index (χ0) is 35.4. The van der Waals surface area contributed by atoms with Crippen molar-refractivity contribution in [1.82, 2.24) is 0 Å². The van der Waals surface area contributed by atoms with E-state index in [4.69, 9.17) is 9.47 Å². The van der Waals surface area contributed by atoms with Crippen LogP contribution in [0.4, 0.5) is 35.1 Å². The molecule has 0 radical (unpaired) electrons. The number of halogens is 8. The van der Waals surface area contributed by atoms with Gasteiger partial charge in [-0.3, -0.25) is 0 Å². The summed E-state index contributed by atoms with van der Waals surface area (Å²) in [5, 5.41) is 0. The quantitative estimate of drug-likeness (QED) is 0.0495. The van der Waals surface area contributed by atoms with E-state index in [-0.39, 0.29) is 11.3 Å². The predicted octanol–water partition coefficient (Wildman–Crippen LogP) is 9.37. The third-order valence-corrected chi connectivity index (χ3v) is 6.93. The van der Waals surface area contributed by atoms with Crippen LogP contribution >= 0.6 is 0 Å². The third-order valence-electron chi connectivity index (χ3n) is 6.93. The van der Waals surface area contributed by atoms with Gasteiger partial charge >= 0.3 is 36.1 Å².